The van der Waals surface area contributed by atoms with Crippen LogP contribution < -0.4 is 10.6 Å². The minimum absolute atomic E-state index is 0.112. The minimum Gasteiger partial charge on any atom is -0.373 e. The Morgan fingerprint density at radius 2 is 2.06 bits per heavy atom. The highest BCUT2D eigenvalue weighted by atomic mass is 35.5. The molecular weight excluding hydrogens is 238 g/mol. The molecule has 0 saturated heterocycles. The highest BCUT2D eigenvalue weighted by Gasteiger charge is 2.12. The lowest BCUT2D eigenvalue weighted by molar-refractivity contribution is 0.0935. The Bertz CT molecular complexity index is 391. The Morgan fingerprint density at radius 3 is 2.59 bits per heavy atom. The van der Waals surface area contributed by atoms with Gasteiger partial charge in [-0.1, -0.05) is 25.4 Å². The lowest BCUT2D eigenvalue weighted by Crippen LogP contribution is -2.33. The molecule has 2 N–H and O–H groups in total. The van der Waals surface area contributed by atoms with E-state index in [2.05, 4.69) is 15.6 Å². The maximum absolute atomic E-state index is 12.0. The molecule has 5 heteroatoms. The minimum atomic E-state index is -0.112. The van der Waals surface area contributed by atoms with Crippen molar-refractivity contribution in [2.45, 2.75) is 32.7 Å². The smallest absolute Gasteiger partial charge is 0.251 e. The van der Waals surface area contributed by atoms with Gasteiger partial charge in [-0.25, -0.2) is 4.98 Å². The second kappa shape index (κ2) is 6.45. The van der Waals surface area contributed by atoms with Crippen LogP contribution in [0, 0.1) is 0 Å². The monoisotopic (exact) mass is 255 g/mol. The summed E-state index contributed by atoms with van der Waals surface area (Å²) in [4.78, 5) is 16.0. The topological polar surface area (TPSA) is 54.0 Å². The molecule has 0 bridgehead atoms. The molecule has 1 amide bonds. The van der Waals surface area contributed by atoms with Crippen LogP contribution in [0.1, 0.15) is 37.0 Å². The SMILES string of the molecule is CCC(CC)NC(=O)c1cc(Cl)nc(NC)c1. The van der Waals surface area contributed by atoms with Crippen molar-refractivity contribution in [2.75, 3.05) is 12.4 Å². The Balaban J connectivity index is 2.84. The van der Waals surface area contributed by atoms with E-state index in [0.717, 1.165) is 12.8 Å². The first-order chi connectivity index (χ1) is 8.10. The van der Waals surface area contributed by atoms with Crippen LogP contribution in [0.5, 0.6) is 0 Å². The molecule has 0 fully saturated rings. The molecule has 1 aromatic heterocycles. The molecule has 1 heterocycles. The number of hydrogen-bond acceptors (Lipinski definition) is 3. The van der Waals surface area contributed by atoms with Crippen LogP contribution in [0.15, 0.2) is 12.1 Å². The van der Waals surface area contributed by atoms with Crippen molar-refractivity contribution in [3.8, 4) is 0 Å². The lowest BCUT2D eigenvalue weighted by atomic mass is 10.1. The van der Waals surface area contributed by atoms with Crippen molar-refractivity contribution in [3.63, 3.8) is 0 Å². The van der Waals surface area contributed by atoms with E-state index in [4.69, 9.17) is 11.6 Å². The number of rotatable bonds is 5. The van der Waals surface area contributed by atoms with Crippen molar-refractivity contribution in [3.05, 3.63) is 22.8 Å². The van der Waals surface area contributed by atoms with Crippen molar-refractivity contribution in [2.24, 2.45) is 0 Å². The molecule has 0 aliphatic carbocycles. The summed E-state index contributed by atoms with van der Waals surface area (Å²) < 4.78 is 0. The molecule has 0 saturated carbocycles. The van der Waals surface area contributed by atoms with Gasteiger partial charge in [0.1, 0.15) is 11.0 Å². The second-order valence-electron chi connectivity index (χ2n) is 3.80. The summed E-state index contributed by atoms with van der Waals surface area (Å²) in [5, 5.41) is 6.14. The van der Waals surface area contributed by atoms with Gasteiger partial charge in [-0.05, 0) is 25.0 Å². The molecule has 0 aliphatic rings. The molecule has 0 atom stereocenters. The van der Waals surface area contributed by atoms with Gasteiger partial charge in [0.2, 0.25) is 0 Å². The van der Waals surface area contributed by atoms with E-state index < -0.39 is 0 Å². The third kappa shape index (κ3) is 3.89. The quantitative estimate of drug-likeness (QED) is 0.796. The zero-order valence-electron chi connectivity index (χ0n) is 10.4. The van der Waals surface area contributed by atoms with E-state index in [9.17, 15) is 4.79 Å². The van der Waals surface area contributed by atoms with Gasteiger partial charge < -0.3 is 10.6 Å². The van der Waals surface area contributed by atoms with Crippen molar-refractivity contribution in [1.29, 1.82) is 0 Å². The number of halogens is 1. The molecule has 17 heavy (non-hydrogen) atoms. The zero-order valence-corrected chi connectivity index (χ0v) is 11.1. The third-order valence-corrected chi connectivity index (χ3v) is 2.83. The normalized spacial score (nSPS) is 10.4. The Hall–Kier alpha value is -1.29. The number of amides is 1. The summed E-state index contributed by atoms with van der Waals surface area (Å²) in [5.74, 6) is 0.478. The van der Waals surface area contributed by atoms with Crippen LogP contribution in [-0.2, 0) is 0 Å². The molecule has 0 aliphatic heterocycles. The van der Waals surface area contributed by atoms with Gasteiger partial charge in [-0.15, -0.1) is 0 Å². The second-order valence-corrected chi connectivity index (χ2v) is 4.19. The predicted octanol–water partition coefficient (Wildman–Crippen LogP) is 2.70. The Morgan fingerprint density at radius 1 is 1.41 bits per heavy atom. The first-order valence-corrected chi connectivity index (χ1v) is 6.14. The van der Waals surface area contributed by atoms with Crippen LogP contribution in [0.25, 0.3) is 0 Å². The van der Waals surface area contributed by atoms with Crippen LogP contribution >= 0.6 is 11.6 Å². The lowest BCUT2D eigenvalue weighted by Gasteiger charge is -2.15. The molecule has 1 rings (SSSR count). The molecular formula is C12H18ClN3O. The molecule has 0 radical (unpaired) electrons. The number of carbonyl (C=O) groups is 1. The Labute approximate surface area is 107 Å². The average Bonchev–Trinajstić information content (AvgIpc) is 2.34. The van der Waals surface area contributed by atoms with Crippen LogP contribution in [-0.4, -0.2) is 24.0 Å². The summed E-state index contributed by atoms with van der Waals surface area (Å²) in [6.07, 6.45) is 1.83. The van der Waals surface area contributed by atoms with E-state index in [0.29, 0.717) is 16.5 Å². The molecule has 0 aromatic carbocycles. The number of nitrogens with zero attached hydrogens (tertiary/aromatic N) is 1. The van der Waals surface area contributed by atoms with Gasteiger partial charge in [-0.3, -0.25) is 4.79 Å². The van der Waals surface area contributed by atoms with Gasteiger partial charge in [0.25, 0.3) is 5.91 Å². The van der Waals surface area contributed by atoms with Crippen molar-refractivity contribution >= 4 is 23.3 Å². The van der Waals surface area contributed by atoms with Gasteiger partial charge in [-0.2, -0.15) is 0 Å². The highest BCUT2D eigenvalue weighted by Crippen LogP contribution is 2.14. The number of nitrogens with one attached hydrogen (secondary N) is 2. The first kappa shape index (κ1) is 13.8. The summed E-state index contributed by atoms with van der Waals surface area (Å²) in [6.45, 7) is 4.10. The van der Waals surface area contributed by atoms with Crippen LogP contribution in [0.3, 0.4) is 0 Å². The average molecular weight is 256 g/mol. The van der Waals surface area contributed by atoms with Gasteiger partial charge in [0, 0.05) is 18.7 Å². The number of carbonyl (C=O) groups excluding carboxylic acids is 1. The van der Waals surface area contributed by atoms with E-state index >= 15 is 0 Å². The van der Waals surface area contributed by atoms with Crippen molar-refractivity contribution < 1.29 is 4.79 Å². The van der Waals surface area contributed by atoms with Crippen LogP contribution in [0.4, 0.5) is 5.82 Å². The molecule has 94 valence electrons. The first-order valence-electron chi connectivity index (χ1n) is 5.76. The van der Waals surface area contributed by atoms with Crippen LogP contribution in [0.2, 0.25) is 5.15 Å². The third-order valence-electron chi connectivity index (χ3n) is 2.63. The molecule has 1 aromatic rings. The van der Waals surface area contributed by atoms with Gasteiger partial charge in [0.15, 0.2) is 0 Å². The summed E-state index contributed by atoms with van der Waals surface area (Å²) in [5.41, 5.74) is 0.529. The number of aromatic nitrogens is 1. The fourth-order valence-electron chi connectivity index (χ4n) is 1.52. The summed E-state index contributed by atoms with van der Waals surface area (Å²) in [7, 11) is 1.74. The summed E-state index contributed by atoms with van der Waals surface area (Å²) in [6, 6.07) is 3.46. The molecule has 0 unspecified atom stereocenters. The number of anilines is 1. The molecule has 4 nitrogen and oxygen atoms in total. The van der Waals surface area contributed by atoms with Gasteiger partial charge in [0.05, 0.1) is 0 Å². The molecule has 0 spiro atoms. The van der Waals surface area contributed by atoms with E-state index in [1.165, 1.54) is 0 Å². The zero-order chi connectivity index (χ0) is 12.8. The van der Waals surface area contributed by atoms with Crippen molar-refractivity contribution in [1.82, 2.24) is 10.3 Å². The largest absolute Gasteiger partial charge is 0.373 e. The van der Waals surface area contributed by atoms with E-state index in [1.807, 2.05) is 13.8 Å². The number of hydrogen-bond donors (Lipinski definition) is 2. The fourth-order valence-corrected chi connectivity index (χ4v) is 1.73. The summed E-state index contributed by atoms with van der Waals surface area (Å²) >= 11 is 5.85. The van der Waals surface area contributed by atoms with E-state index in [-0.39, 0.29) is 11.9 Å². The van der Waals surface area contributed by atoms with E-state index in [1.54, 1.807) is 19.2 Å². The number of pyridine rings is 1. The fraction of sp³-hybridized carbons (Fsp3) is 0.500. The predicted molar refractivity (Wildman–Crippen MR) is 70.6 cm³/mol. The standard InChI is InChI=1S/C12H18ClN3O/c1-4-9(5-2)15-12(17)8-6-10(13)16-11(7-8)14-3/h6-7,9H,4-5H2,1-3H3,(H,14,16)(H,15,17). The highest BCUT2D eigenvalue weighted by molar-refractivity contribution is 6.29. The Kier molecular flexibility index (Phi) is 5.22. The maximum atomic E-state index is 12.0. The maximum Gasteiger partial charge on any atom is 0.251 e. The van der Waals surface area contributed by atoms with Gasteiger partial charge >= 0.3 is 0 Å².